The van der Waals surface area contributed by atoms with E-state index in [4.69, 9.17) is 9.47 Å². The number of rotatable bonds is 15. The Bertz CT molecular complexity index is 2970. The van der Waals surface area contributed by atoms with Gasteiger partial charge in [0.1, 0.15) is 23.6 Å². The van der Waals surface area contributed by atoms with Crippen LogP contribution in [0.15, 0.2) is 97.3 Å². The van der Waals surface area contributed by atoms with Crippen LogP contribution in [0.4, 0.5) is 5.69 Å². The normalized spacial score (nSPS) is 18.8. The van der Waals surface area contributed by atoms with Crippen LogP contribution >= 0.6 is 9.24 Å². The van der Waals surface area contributed by atoms with Gasteiger partial charge in [0.05, 0.1) is 36.2 Å². The number of Topliss-reactive ketones (excluding diaryl/α,β-unsaturated/α-hetero) is 1. The van der Waals surface area contributed by atoms with Crippen molar-refractivity contribution in [1.29, 1.82) is 0 Å². The number of nitrogens with zero attached hydrogens (tertiary/aromatic N) is 4. The second-order valence-electron chi connectivity index (χ2n) is 21.8. The van der Waals surface area contributed by atoms with Crippen LogP contribution in [0.25, 0.3) is 11.4 Å². The molecule has 1 N–H and O–H groups in total. The number of nitrogens with one attached hydrogen (secondary N) is 1. The topological polar surface area (TPSA) is 81.0 Å². The molecule has 0 radical (unpaired) electrons. The van der Waals surface area contributed by atoms with Gasteiger partial charge in [-0.25, -0.2) is 0 Å². The number of aldehydes is 1. The Balaban J connectivity index is 0.879. The smallest absolute Gasteiger partial charge is 0.138 e. The number of likely N-dealkylation sites (tertiary alicyclic amines) is 2. The van der Waals surface area contributed by atoms with Gasteiger partial charge < -0.3 is 28.7 Å². The molecule has 5 aliphatic heterocycles. The molecule has 0 amide bonds. The van der Waals surface area contributed by atoms with Gasteiger partial charge in [0.25, 0.3) is 0 Å². The van der Waals surface area contributed by atoms with E-state index in [2.05, 4.69) is 159 Å². The molecular formula is C61H72N5O4P. The number of carbonyl (C=O) groups is 2. The summed E-state index contributed by atoms with van der Waals surface area (Å²) >= 11 is 0. The van der Waals surface area contributed by atoms with Crippen LogP contribution in [0, 0.1) is 26.7 Å². The molecule has 5 aliphatic rings. The molecule has 2 aromatic heterocycles. The summed E-state index contributed by atoms with van der Waals surface area (Å²) in [5.74, 6) is 2.25. The molecule has 2 fully saturated rings. The molecule has 370 valence electrons. The molecule has 6 aromatic rings. The Morgan fingerprint density at radius 3 is 2.46 bits per heavy atom. The molecule has 0 saturated carbocycles. The van der Waals surface area contributed by atoms with Gasteiger partial charge in [0, 0.05) is 72.5 Å². The van der Waals surface area contributed by atoms with E-state index in [9.17, 15) is 9.59 Å². The Morgan fingerprint density at radius 1 is 0.859 bits per heavy atom. The monoisotopic (exact) mass is 970 g/mol. The van der Waals surface area contributed by atoms with Gasteiger partial charge in [-0.1, -0.05) is 48.9 Å². The quantitative estimate of drug-likeness (QED) is 0.0624. The molecule has 2 saturated heterocycles. The molecular weight excluding hydrogens is 898 g/mol. The van der Waals surface area contributed by atoms with Crippen molar-refractivity contribution in [2.24, 2.45) is 5.92 Å². The summed E-state index contributed by atoms with van der Waals surface area (Å²) in [6.45, 7) is 16.4. The maximum absolute atomic E-state index is 13.6. The van der Waals surface area contributed by atoms with E-state index in [0.717, 1.165) is 132 Å². The highest BCUT2D eigenvalue weighted by atomic mass is 31.0. The first-order valence-electron chi connectivity index (χ1n) is 26.5. The van der Waals surface area contributed by atoms with Gasteiger partial charge in [-0.15, -0.1) is 9.24 Å². The highest BCUT2D eigenvalue weighted by Gasteiger charge is 2.45. The molecule has 4 unspecified atom stereocenters. The third-order valence-corrected chi connectivity index (χ3v) is 18.1. The molecule has 11 rings (SSSR count). The van der Waals surface area contributed by atoms with Crippen LogP contribution in [0.1, 0.15) is 126 Å². The van der Waals surface area contributed by atoms with Crippen molar-refractivity contribution >= 4 is 27.0 Å². The van der Waals surface area contributed by atoms with Crippen molar-refractivity contribution in [1.82, 2.24) is 18.9 Å². The standard InChI is InChI=1S/C61H72N5O4P/c1-6-45(43(5)68)11-10-27-69-55-35-50(59(71)54(39-67)64-25-20-61(21-26-64)57-14-9-22-65(57)53-13-8-7-12-51(53)62-61)47(31-42(55)4)32-44-33-58-60(36-48-29-40(2)15-16-52(48)66(58)37-44)18-23-63(24-19-60)38-49-34-56-46(17-28-70-56)30-41(49)3/h7-9,12-16,22,29-31,33-35,37,39,45,54,59,62H,6,10-11,17-21,23-28,32,36,38,71H2,1-5H3. The number of piperidine rings is 2. The lowest BCUT2D eigenvalue weighted by atomic mass is 9.69. The summed E-state index contributed by atoms with van der Waals surface area (Å²) in [5, 5.41) is 3.97. The number of ether oxygens (including phenoxy) is 2. The minimum absolute atomic E-state index is 0.0372. The fraction of sp³-hybridized carbons (Fsp3) is 0.443. The zero-order chi connectivity index (χ0) is 49.0. The maximum Gasteiger partial charge on any atom is 0.138 e. The average Bonchev–Trinajstić information content (AvgIpc) is 4.15. The predicted octanol–water partition coefficient (Wildman–Crippen LogP) is 11.5. The van der Waals surface area contributed by atoms with Crippen LogP contribution in [-0.2, 0) is 46.4 Å². The van der Waals surface area contributed by atoms with Crippen molar-refractivity contribution in [3.8, 4) is 22.9 Å². The van der Waals surface area contributed by atoms with Crippen molar-refractivity contribution in [2.75, 3.05) is 44.7 Å². The summed E-state index contributed by atoms with van der Waals surface area (Å²) in [6, 6.07) is 31.4. The lowest BCUT2D eigenvalue weighted by Gasteiger charge is -2.48. The number of aromatic nitrogens is 2. The van der Waals surface area contributed by atoms with Crippen LogP contribution in [0.3, 0.4) is 0 Å². The van der Waals surface area contributed by atoms with E-state index in [1.54, 1.807) is 6.92 Å². The van der Waals surface area contributed by atoms with E-state index >= 15 is 0 Å². The molecule has 0 bridgehead atoms. The average molecular weight is 970 g/mol. The van der Waals surface area contributed by atoms with Gasteiger partial charge >= 0.3 is 0 Å². The van der Waals surface area contributed by atoms with Crippen LogP contribution in [0.5, 0.6) is 11.5 Å². The third-order valence-electron chi connectivity index (χ3n) is 17.4. The highest BCUT2D eigenvalue weighted by molar-refractivity contribution is 7.17. The van der Waals surface area contributed by atoms with Gasteiger partial charge in [0.15, 0.2) is 0 Å². The summed E-state index contributed by atoms with van der Waals surface area (Å²) in [6.07, 6.45) is 15.1. The minimum Gasteiger partial charge on any atom is -0.493 e. The number of aryl methyl sites for hydroxylation is 3. The molecule has 71 heavy (non-hydrogen) atoms. The number of fused-ring (bicyclic) bond motifs is 9. The maximum atomic E-state index is 13.6. The van der Waals surface area contributed by atoms with E-state index in [-0.39, 0.29) is 34.4 Å². The second kappa shape index (κ2) is 19.5. The molecule has 4 atom stereocenters. The van der Waals surface area contributed by atoms with Crippen molar-refractivity contribution < 1.29 is 19.1 Å². The Kier molecular flexibility index (Phi) is 13.1. The molecule has 2 spiro atoms. The summed E-state index contributed by atoms with van der Waals surface area (Å²) < 4.78 is 17.5. The summed E-state index contributed by atoms with van der Waals surface area (Å²) in [5.41, 5.74) is 17.6. The third kappa shape index (κ3) is 8.99. The lowest BCUT2D eigenvalue weighted by molar-refractivity contribution is -0.121. The molecule has 9 nitrogen and oxygen atoms in total. The summed E-state index contributed by atoms with van der Waals surface area (Å²) in [7, 11) is 3.12. The van der Waals surface area contributed by atoms with E-state index in [1.807, 2.05) is 0 Å². The molecule has 7 heterocycles. The van der Waals surface area contributed by atoms with E-state index < -0.39 is 0 Å². The first kappa shape index (κ1) is 47.8. The van der Waals surface area contributed by atoms with Crippen molar-refractivity contribution in [3.63, 3.8) is 0 Å². The number of para-hydroxylation sites is 2. The van der Waals surface area contributed by atoms with Gasteiger partial charge in [-0.3, -0.25) is 14.6 Å². The van der Waals surface area contributed by atoms with Crippen molar-refractivity contribution in [3.05, 3.63) is 159 Å². The molecule has 0 aliphatic carbocycles. The fourth-order valence-electron chi connectivity index (χ4n) is 13.2. The number of carbonyl (C=O) groups excluding carboxylic acids is 2. The van der Waals surface area contributed by atoms with Crippen molar-refractivity contribution in [2.45, 2.75) is 128 Å². The second-order valence-corrected chi connectivity index (χ2v) is 22.5. The number of ketones is 1. The Hall–Kier alpha value is -5.47. The SMILES string of the molecule is CCC(CCCOc1cc(C(P)C(C=O)N2CCC3(CC2)Nc2ccccc2-n2cccc23)c(Cc2cc3n(c2)-c2ccc(C)cc2CC32CCN(Cc3cc4c(cc3C)CCO4)CC2)cc1C)C(C)=O. The number of hydrogen-bond acceptors (Lipinski definition) is 7. The zero-order valence-electron chi connectivity index (χ0n) is 42.6. The first-order valence-corrected chi connectivity index (χ1v) is 27.2. The van der Waals surface area contributed by atoms with Gasteiger partial charge in [-0.05, 0) is 192 Å². The Labute approximate surface area is 423 Å². The van der Waals surface area contributed by atoms with E-state index in [0.29, 0.717) is 6.61 Å². The van der Waals surface area contributed by atoms with Crippen LogP contribution < -0.4 is 14.8 Å². The number of anilines is 1. The van der Waals surface area contributed by atoms with Gasteiger partial charge in [0.2, 0.25) is 0 Å². The predicted molar refractivity (Wildman–Crippen MR) is 288 cm³/mol. The first-order chi connectivity index (χ1) is 34.4. The van der Waals surface area contributed by atoms with Crippen LogP contribution in [-0.4, -0.2) is 76.4 Å². The summed E-state index contributed by atoms with van der Waals surface area (Å²) in [4.78, 5) is 30.9. The van der Waals surface area contributed by atoms with E-state index in [1.165, 1.54) is 68.0 Å². The van der Waals surface area contributed by atoms with Gasteiger partial charge in [-0.2, -0.15) is 0 Å². The zero-order valence-corrected chi connectivity index (χ0v) is 43.7. The molecule has 10 heteroatoms. The number of benzene rings is 4. The molecule has 4 aromatic carbocycles. The largest absolute Gasteiger partial charge is 0.493 e. The highest BCUT2D eigenvalue weighted by Crippen LogP contribution is 2.48. The lowest BCUT2D eigenvalue weighted by Crippen LogP contribution is -2.53. The number of hydrogen-bond donors (Lipinski definition) is 1. The Morgan fingerprint density at radius 2 is 1.68 bits per heavy atom. The minimum atomic E-state index is -0.339. The van der Waals surface area contributed by atoms with Crippen LogP contribution in [0.2, 0.25) is 0 Å². The fourth-order valence-corrected chi connectivity index (χ4v) is 13.9.